The summed E-state index contributed by atoms with van der Waals surface area (Å²) in [6.07, 6.45) is 0. The quantitative estimate of drug-likeness (QED) is 0.111. The van der Waals surface area contributed by atoms with Gasteiger partial charge >= 0.3 is 0 Å². The first-order valence-electron chi connectivity index (χ1n) is 21.8. The highest BCUT2D eigenvalue weighted by atomic mass is 28.4. The molecule has 0 fully saturated rings. The summed E-state index contributed by atoms with van der Waals surface area (Å²) >= 11 is 0. The van der Waals surface area contributed by atoms with E-state index in [-0.39, 0.29) is 4.66 Å². The molecule has 0 spiro atoms. The molecule has 0 aliphatic heterocycles. The summed E-state index contributed by atoms with van der Waals surface area (Å²) in [4.78, 5) is 4.82. The average molecular weight is 823 g/mol. The molecule has 1 aliphatic rings. The van der Waals surface area contributed by atoms with Crippen LogP contribution in [0.15, 0.2) is 182 Å². The highest BCUT2D eigenvalue weighted by Gasteiger charge is 2.60. The largest absolute Gasteiger partial charge is 0.310 e. The molecule has 0 unspecified atom stereocenters. The summed E-state index contributed by atoms with van der Waals surface area (Å²) in [5, 5.41) is 7.98. The number of nitrogens with zero attached hydrogens (tertiary/aromatic N) is 2. The van der Waals surface area contributed by atoms with Crippen molar-refractivity contribution in [2.45, 2.75) is 57.8 Å². The van der Waals surface area contributed by atoms with Crippen molar-refractivity contribution in [1.29, 1.82) is 0 Å². The van der Waals surface area contributed by atoms with Gasteiger partial charge < -0.3 is 9.80 Å². The number of hydrogen-bond acceptors (Lipinski definition) is 2. The summed E-state index contributed by atoms with van der Waals surface area (Å²) < 4.78 is -0.0647. The van der Waals surface area contributed by atoms with Gasteiger partial charge in [-0.2, -0.15) is 0 Å². The van der Waals surface area contributed by atoms with Crippen LogP contribution in [0.2, 0.25) is 39.3 Å². The lowest BCUT2D eigenvalue weighted by Crippen LogP contribution is -2.63. The first-order valence-corrected chi connectivity index (χ1v) is 28.8. The summed E-state index contributed by atoms with van der Waals surface area (Å²) in [5.41, 5.74) is 15.5. The van der Waals surface area contributed by atoms with Gasteiger partial charge in [-0.05, 0) is 147 Å². The van der Waals surface area contributed by atoms with Gasteiger partial charge in [0.15, 0.2) is 0 Å². The van der Waals surface area contributed by atoms with Crippen LogP contribution < -0.4 is 9.80 Å². The topological polar surface area (TPSA) is 6.48 Å². The Morgan fingerprint density at radius 1 is 0.361 bits per heavy atom. The standard InChI is InChI=1S/C57H54N2Si2/c1-39-23-28-45(29-24-39)58(43-17-11-9-12-18-43)47-32-27-41-36-53-54(37-42(41)35-47)57(60(3,4)5,61(6,7)8)56-51-34-33-48(38-52(51)49-21-15-16-22-50(49)55(53)56)59(44-19-13-10-14-20-44)46-30-25-40(2)26-31-46/h9-38H,1-8H3. The minimum atomic E-state index is -2.06. The maximum Gasteiger partial charge on any atom is 0.0579 e. The van der Waals surface area contributed by atoms with E-state index in [4.69, 9.17) is 0 Å². The van der Waals surface area contributed by atoms with E-state index < -0.39 is 16.1 Å². The molecule has 0 atom stereocenters. The Hall–Kier alpha value is -6.21. The summed E-state index contributed by atoms with van der Waals surface area (Å²) in [7, 11) is -4.11. The Bertz CT molecular complexity index is 3090. The van der Waals surface area contributed by atoms with Crippen LogP contribution in [-0.2, 0) is 4.66 Å². The van der Waals surface area contributed by atoms with E-state index >= 15 is 0 Å². The van der Waals surface area contributed by atoms with Gasteiger partial charge in [0.2, 0.25) is 0 Å². The lowest BCUT2D eigenvalue weighted by atomic mass is 9.90. The van der Waals surface area contributed by atoms with Gasteiger partial charge in [-0.15, -0.1) is 0 Å². The molecule has 61 heavy (non-hydrogen) atoms. The Kier molecular flexibility index (Phi) is 9.24. The van der Waals surface area contributed by atoms with E-state index in [0.29, 0.717) is 0 Å². The minimum Gasteiger partial charge on any atom is -0.310 e. The third-order valence-corrected chi connectivity index (χ3v) is 23.4. The third kappa shape index (κ3) is 6.18. The maximum atomic E-state index is 2.64. The van der Waals surface area contributed by atoms with Crippen molar-refractivity contribution in [1.82, 2.24) is 0 Å². The number of rotatable bonds is 8. The molecule has 0 heterocycles. The van der Waals surface area contributed by atoms with E-state index in [1.54, 1.807) is 11.1 Å². The molecule has 0 saturated carbocycles. The fourth-order valence-electron chi connectivity index (χ4n) is 11.2. The van der Waals surface area contributed by atoms with E-state index in [1.807, 2.05) is 0 Å². The molecule has 0 N–H and O–H groups in total. The van der Waals surface area contributed by atoms with Crippen LogP contribution in [0.1, 0.15) is 22.3 Å². The van der Waals surface area contributed by atoms with Crippen molar-refractivity contribution in [3.05, 3.63) is 204 Å². The SMILES string of the molecule is Cc1ccc(N(c2ccccc2)c2ccc3cc4c(cc3c2)C([Si](C)(C)C)([Si](C)(C)C)c2c-4c3ccccc3c3cc(N(c4ccccc4)c4ccc(C)cc4)ccc23)cc1. The van der Waals surface area contributed by atoms with Gasteiger partial charge in [0.05, 0.1) is 16.1 Å². The van der Waals surface area contributed by atoms with Gasteiger partial charge in [0, 0.05) is 38.8 Å². The van der Waals surface area contributed by atoms with Crippen molar-refractivity contribution in [2.75, 3.05) is 9.80 Å². The molecule has 10 rings (SSSR count). The summed E-state index contributed by atoms with van der Waals surface area (Å²) in [6.45, 7) is 20.2. The number of aryl methyl sites for hydroxylation is 2. The maximum absolute atomic E-state index is 2.64. The second-order valence-electron chi connectivity index (χ2n) is 19.2. The second kappa shape index (κ2) is 14.5. The van der Waals surface area contributed by atoms with Crippen LogP contribution in [0.3, 0.4) is 0 Å². The zero-order valence-electron chi connectivity index (χ0n) is 36.7. The molecule has 300 valence electrons. The van der Waals surface area contributed by atoms with Gasteiger partial charge in [0.25, 0.3) is 0 Å². The molecule has 0 bridgehead atoms. The van der Waals surface area contributed by atoms with Crippen LogP contribution in [-0.4, -0.2) is 16.1 Å². The lowest BCUT2D eigenvalue weighted by molar-refractivity contribution is 0.965. The molecule has 9 aromatic rings. The fraction of sp³-hybridized carbons (Fsp3) is 0.158. The molecule has 0 amide bonds. The Morgan fingerprint density at radius 3 is 1.36 bits per heavy atom. The Morgan fingerprint density at radius 2 is 0.820 bits per heavy atom. The smallest absolute Gasteiger partial charge is 0.0579 e. The average Bonchev–Trinajstić information content (AvgIpc) is 3.57. The highest BCUT2D eigenvalue weighted by molar-refractivity contribution is 7.00. The summed E-state index contributed by atoms with van der Waals surface area (Å²) in [6, 6.07) is 68.4. The molecule has 2 nitrogen and oxygen atoms in total. The first kappa shape index (κ1) is 39.0. The predicted octanol–water partition coefficient (Wildman–Crippen LogP) is 16.7. The molecule has 4 heteroatoms. The number of anilines is 6. The second-order valence-corrected chi connectivity index (χ2v) is 30.2. The van der Waals surface area contributed by atoms with Gasteiger partial charge in [-0.3, -0.25) is 0 Å². The number of fused-ring (bicyclic) bond motifs is 9. The van der Waals surface area contributed by atoms with Crippen LogP contribution in [0.25, 0.3) is 43.4 Å². The van der Waals surface area contributed by atoms with Crippen molar-refractivity contribution in [3.8, 4) is 11.1 Å². The summed E-state index contributed by atoms with van der Waals surface area (Å²) in [5.74, 6) is 0. The first-order chi connectivity index (χ1) is 29.3. The molecule has 9 aromatic carbocycles. The molecular formula is C57H54N2Si2. The van der Waals surface area contributed by atoms with Crippen LogP contribution in [0, 0.1) is 13.8 Å². The number of para-hydroxylation sites is 2. The number of benzene rings is 9. The van der Waals surface area contributed by atoms with Crippen molar-refractivity contribution < 1.29 is 0 Å². The van der Waals surface area contributed by atoms with Crippen molar-refractivity contribution in [3.63, 3.8) is 0 Å². The molecular weight excluding hydrogens is 769 g/mol. The molecule has 0 saturated heterocycles. The highest BCUT2D eigenvalue weighted by Crippen LogP contribution is 2.62. The number of hydrogen-bond donors (Lipinski definition) is 0. The van der Waals surface area contributed by atoms with E-state index in [1.165, 1.54) is 65.9 Å². The van der Waals surface area contributed by atoms with E-state index in [9.17, 15) is 0 Å². The Labute approximate surface area is 363 Å². The predicted molar refractivity (Wildman–Crippen MR) is 271 cm³/mol. The third-order valence-electron chi connectivity index (χ3n) is 13.4. The van der Waals surface area contributed by atoms with Gasteiger partial charge in [-0.1, -0.05) is 154 Å². The monoisotopic (exact) mass is 822 g/mol. The Balaban J connectivity index is 1.26. The fourth-order valence-corrected chi connectivity index (χ4v) is 24.2. The minimum absolute atomic E-state index is 0.0647. The zero-order valence-corrected chi connectivity index (χ0v) is 38.7. The van der Waals surface area contributed by atoms with E-state index in [0.717, 1.165) is 22.7 Å². The van der Waals surface area contributed by atoms with Crippen LogP contribution >= 0.6 is 0 Å². The normalized spacial score (nSPS) is 13.4. The lowest BCUT2D eigenvalue weighted by Gasteiger charge is -2.51. The zero-order chi connectivity index (χ0) is 42.3. The van der Waals surface area contributed by atoms with Crippen molar-refractivity contribution >= 4 is 82.6 Å². The van der Waals surface area contributed by atoms with Crippen molar-refractivity contribution in [2.24, 2.45) is 0 Å². The molecule has 0 aromatic heterocycles. The van der Waals surface area contributed by atoms with Crippen LogP contribution in [0.5, 0.6) is 0 Å². The molecule has 0 radical (unpaired) electrons. The molecule has 1 aliphatic carbocycles. The van der Waals surface area contributed by atoms with Crippen LogP contribution in [0.4, 0.5) is 34.1 Å². The van der Waals surface area contributed by atoms with Gasteiger partial charge in [0.1, 0.15) is 0 Å². The van der Waals surface area contributed by atoms with Gasteiger partial charge in [-0.25, -0.2) is 0 Å². The van der Waals surface area contributed by atoms with E-state index in [2.05, 4.69) is 245 Å².